The topological polar surface area (TPSA) is 17.8 Å². The van der Waals surface area contributed by atoms with Crippen LogP contribution in [0.1, 0.15) is 31.0 Å². The lowest BCUT2D eigenvalue weighted by atomic mass is 10.1. The molecule has 1 rings (SSSR count). The Hall–Kier alpha value is -0.790. The summed E-state index contributed by atoms with van der Waals surface area (Å²) in [6.07, 6.45) is 2.99. The summed E-state index contributed by atoms with van der Waals surface area (Å²) in [4.78, 5) is 0. The van der Waals surface area contributed by atoms with Crippen molar-refractivity contribution in [1.29, 1.82) is 0 Å². The van der Waals surface area contributed by atoms with Crippen molar-refractivity contribution >= 4 is 0 Å². The van der Waals surface area contributed by atoms with Crippen molar-refractivity contribution in [1.82, 2.24) is 9.78 Å². The Morgan fingerprint density at radius 2 is 2.10 bits per heavy atom. The zero-order valence-corrected chi connectivity index (χ0v) is 6.97. The molecule has 0 aliphatic carbocycles. The molecular weight excluding hydrogens is 124 g/mol. The van der Waals surface area contributed by atoms with Crippen molar-refractivity contribution in [2.45, 2.75) is 26.7 Å². The van der Waals surface area contributed by atoms with Gasteiger partial charge in [0, 0.05) is 18.3 Å². The zero-order chi connectivity index (χ0) is 7.72. The van der Waals surface area contributed by atoms with Gasteiger partial charge in [-0.25, -0.2) is 0 Å². The molecule has 2 heteroatoms. The van der Waals surface area contributed by atoms with E-state index < -0.39 is 0 Å². The number of aromatic nitrogens is 2. The molecular formula is C8H13N2. The minimum atomic E-state index is 0.536. The van der Waals surface area contributed by atoms with Crippen LogP contribution in [0.5, 0.6) is 0 Å². The van der Waals surface area contributed by atoms with Crippen LogP contribution in [0.4, 0.5) is 0 Å². The van der Waals surface area contributed by atoms with Gasteiger partial charge in [0.1, 0.15) is 6.20 Å². The highest BCUT2D eigenvalue weighted by atomic mass is 15.3. The van der Waals surface area contributed by atoms with E-state index in [1.807, 2.05) is 11.7 Å². The van der Waals surface area contributed by atoms with Gasteiger partial charge in [-0.05, 0) is 12.8 Å². The van der Waals surface area contributed by atoms with Gasteiger partial charge in [0.25, 0.3) is 0 Å². The summed E-state index contributed by atoms with van der Waals surface area (Å²) in [7, 11) is 1.94. The smallest absolute Gasteiger partial charge is 0.117 e. The van der Waals surface area contributed by atoms with Crippen molar-refractivity contribution in [3.8, 4) is 0 Å². The van der Waals surface area contributed by atoms with Crippen LogP contribution >= 0.6 is 0 Å². The molecule has 0 saturated carbocycles. The molecule has 0 bridgehead atoms. The molecule has 1 radical (unpaired) electrons. The summed E-state index contributed by atoms with van der Waals surface area (Å²) >= 11 is 0. The highest BCUT2D eigenvalue weighted by Crippen LogP contribution is 2.16. The molecule has 0 spiro atoms. The molecule has 0 saturated heterocycles. The second-order valence-corrected chi connectivity index (χ2v) is 2.89. The van der Waals surface area contributed by atoms with Crippen molar-refractivity contribution in [2.24, 2.45) is 7.05 Å². The van der Waals surface area contributed by atoms with Crippen LogP contribution < -0.4 is 0 Å². The Morgan fingerprint density at radius 1 is 1.50 bits per heavy atom. The van der Waals surface area contributed by atoms with Crippen molar-refractivity contribution in [3.63, 3.8) is 0 Å². The molecule has 10 heavy (non-hydrogen) atoms. The van der Waals surface area contributed by atoms with Crippen LogP contribution in [0.25, 0.3) is 0 Å². The highest BCUT2D eigenvalue weighted by Gasteiger charge is 2.06. The van der Waals surface area contributed by atoms with Gasteiger partial charge in [-0.15, -0.1) is 0 Å². The lowest BCUT2D eigenvalue weighted by Gasteiger charge is -2.01. The number of hydrogen-bond acceptors (Lipinski definition) is 1. The number of rotatable bonds is 1. The van der Waals surface area contributed by atoms with E-state index in [1.165, 1.54) is 11.3 Å². The first-order valence-corrected chi connectivity index (χ1v) is 3.54. The van der Waals surface area contributed by atoms with E-state index >= 15 is 0 Å². The van der Waals surface area contributed by atoms with Crippen LogP contribution in [-0.2, 0) is 7.05 Å². The van der Waals surface area contributed by atoms with Crippen LogP contribution in [0.15, 0.2) is 0 Å². The largest absolute Gasteiger partial charge is 0.272 e. The lowest BCUT2D eigenvalue weighted by Crippen LogP contribution is -1.94. The Morgan fingerprint density at radius 3 is 2.30 bits per heavy atom. The molecule has 0 fully saturated rings. The summed E-state index contributed by atoms with van der Waals surface area (Å²) in [6, 6.07) is 0. The van der Waals surface area contributed by atoms with Crippen LogP contribution in [0.3, 0.4) is 0 Å². The summed E-state index contributed by atoms with van der Waals surface area (Å²) < 4.78 is 1.86. The van der Waals surface area contributed by atoms with Crippen molar-refractivity contribution < 1.29 is 0 Å². The summed E-state index contributed by atoms with van der Waals surface area (Å²) in [5.74, 6) is 0.536. The summed E-state index contributed by atoms with van der Waals surface area (Å²) in [5.41, 5.74) is 2.44. The molecule has 0 amide bonds. The van der Waals surface area contributed by atoms with E-state index in [9.17, 15) is 0 Å². The monoisotopic (exact) mass is 137 g/mol. The molecule has 0 N–H and O–H groups in total. The average molecular weight is 137 g/mol. The van der Waals surface area contributed by atoms with Gasteiger partial charge in [-0.3, -0.25) is 4.68 Å². The zero-order valence-electron chi connectivity index (χ0n) is 6.97. The Labute approximate surface area is 61.9 Å². The Balaban J connectivity index is 3.05. The van der Waals surface area contributed by atoms with E-state index in [-0.39, 0.29) is 0 Å². The molecule has 0 atom stereocenters. The first-order valence-electron chi connectivity index (χ1n) is 3.54. The molecule has 0 aliphatic heterocycles. The Bertz CT molecular complexity index is 223. The standard InChI is InChI=1S/C8H13N2/c1-6(2)8-5-9-10(4)7(8)3/h6H,1-4H3. The van der Waals surface area contributed by atoms with E-state index in [0.717, 1.165) is 0 Å². The molecule has 0 aromatic carbocycles. The fourth-order valence-corrected chi connectivity index (χ4v) is 1.01. The third kappa shape index (κ3) is 1.06. The maximum absolute atomic E-state index is 4.03. The van der Waals surface area contributed by atoms with Gasteiger partial charge in [-0.2, -0.15) is 5.10 Å². The van der Waals surface area contributed by atoms with Crippen LogP contribution in [0, 0.1) is 13.1 Å². The van der Waals surface area contributed by atoms with E-state index in [4.69, 9.17) is 0 Å². The number of nitrogens with zero attached hydrogens (tertiary/aromatic N) is 2. The van der Waals surface area contributed by atoms with Gasteiger partial charge >= 0.3 is 0 Å². The maximum atomic E-state index is 4.03. The first-order chi connectivity index (χ1) is 4.63. The molecule has 0 unspecified atom stereocenters. The fraction of sp³-hybridized carbons (Fsp3) is 0.625. The Kier molecular flexibility index (Phi) is 1.79. The first kappa shape index (κ1) is 7.32. The molecule has 1 aromatic heterocycles. The lowest BCUT2D eigenvalue weighted by molar-refractivity contribution is 0.732. The summed E-state index contributed by atoms with van der Waals surface area (Å²) in [5, 5.41) is 4.03. The van der Waals surface area contributed by atoms with Gasteiger partial charge in [0.05, 0.1) is 0 Å². The summed E-state index contributed by atoms with van der Waals surface area (Å²) in [6.45, 7) is 6.37. The molecule has 1 aromatic rings. The third-order valence-electron chi connectivity index (χ3n) is 1.77. The molecule has 55 valence electrons. The third-order valence-corrected chi connectivity index (χ3v) is 1.77. The van der Waals surface area contributed by atoms with Gasteiger partial charge in [-0.1, -0.05) is 13.8 Å². The van der Waals surface area contributed by atoms with E-state index in [1.54, 1.807) is 0 Å². The van der Waals surface area contributed by atoms with E-state index in [0.29, 0.717) is 5.92 Å². The molecule has 0 aliphatic rings. The minimum absolute atomic E-state index is 0.536. The second-order valence-electron chi connectivity index (χ2n) is 2.89. The normalized spacial score (nSPS) is 10.9. The van der Waals surface area contributed by atoms with E-state index in [2.05, 4.69) is 32.1 Å². The van der Waals surface area contributed by atoms with Crippen molar-refractivity contribution in [3.05, 3.63) is 17.5 Å². The fourth-order valence-electron chi connectivity index (χ4n) is 1.01. The SMILES string of the molecule is Cc1c(C(C)C)[c]nn1C. The molecule has 1 heterocycles. The predicted molar refractivity (Wildman–Crippen MR) is 40.9 cm³/mol. The minimum Gasteiger partial charge on any atom is -0.272 e. The molecule has 2 nitrogen and oxygen atoms in total. The number of aryl methyl sites for hydroxylation is 1. The van der Waals surface area contributed by atoms with Crippen LogP contribution in [0.2, 0.25) is 0 Å². The average Bonchev–Trinajstić information content (AvgIpc) is 2.14. The van der Waals surface area contributed by atoms with Gasteiger partial charge < -0.3 is 0 Å². The maximum Gasteiger partial charge on any atom is 0.117 e. The second kappa shape index (κ2) is 2.45. The number of hydrogen-bond donors (Lipinski definition) is 0. The predicted octanol–water partition coefficient (Wildman–Crippen LogP) is 1.65. The van der Waals surface area contributed by atoms with Gasteiger partial charge in [0.15, 0.2) is 0 Å². The quantitative estimate of drug-likeness (QED) is 0.575. The van der Waals surface area contributed by atoms with Crippen LogP contribution in [-0.4, -0.2) is 9.78 Å². The van der Waals surface area contributed by atoms with Crippen molar-refractivity contribution in [2.75, 3.05) is 0 Å². The van der Waals surface area contributed by atoms with Gasteiger partial charge in [0.2, 0.25) is 0 Å². The highest BCUT2D eigenvalue weighted by molar-refractivity contribution is 5.18.